The van der Waals surface area contributed by atoms with Gasteiger partial charge in [0.15, 0.2) is 5.11 Å². The molecule has 1 heterocycles. The van der Waals surface area contributed by atoms with E-state index in [0.717, 1.165) is 0 Å². The van der Waals surface area contributed by atoms with Gasteiger partial charge < -0.3 is 15.4 Å². The van der Waals surface area contributed by atoms with Crippen molar-refractivity contribution in [3.8, 4) is 0 Å². The largest absolute Gasteiger partial charge is 0.411 e. The Kier molecular flexibility index (Phi) is 6.27. The van der Waals surface area contributed by atoms with Crippen LogP contribution in [0.15, 0.2) is 30.6 Å². The lowest BCUT2D eigenvalue weighted by Gasteiger charge is -2.09. The zero-order chi connectivity index (χ0) is 17.7. The van der Waals surface area contributed by atoms with Gasteiger partial charge in [-0.3, -0.25) is 0 Å². The Balaban J connectivity index is 1.85. The minimum Gasteiger partial charge on any atom is -0.350 e. The van der Waals surface area contributed by atoms with E-state index in [1.54, 1.807) is 18.2 Å². The Bertz CT molecular complexity index is 723. The van der Waals surface area contributed by atoms with E-state index in [1.807, 2.05) is 0 Å². The maximum absolute atomic E-state index is 12.0. The van der Waals surface area contributed by atoms with E-state index in [1.165, 1.54) is 17.1 Å². The van der Waals surface area contributed by atoms with E-state index < -0.39 is 12.8 Å². The Hall–Kier alpha value is -1.55. The van der Waals surface area contributed by atoms with Crippen LogP contribution in [0.3, 0.4) is 0 Å². The summed E-state index contributed by atoms with van der Waals surface area (Å²) in [6, 6.07) is 4.91. The molecule has 2 N–H and O–H groups in total. The van der Waals surface area contributed by atoms with Gasteiger partial charge in [-0.15, -0.1) is 0 Å². The van der Waals surface area contributed by atoms with Crippen molar-refractivity contribution in [1.29, 1.82) is 0 Å². The van der Waals surface area contributed by atoms with Crippen molar-refractivity contribution in [2.75, 3.05) is 17.2 Å². The van der Waals surface area contributed by atoms with Gasteiger partial charge >= 0.3 is 6.18 Å². The number of hydrogen-bond acceptors (Lipinski definition) is 3. The second-order valence-electron chi connectivity index (χ2n) is 4.57. The van der Waals surface area contributed by atoms with Crippen LogP contribution in [0.2, 0.25) is 10.0 Å². The molecule has 24 heavy (non-hydrogen) atoms. The summed E-state index contributed by atoms with van der Waals surface area (Å²) in [5, 5.41) is 10.6. The summed E-state index contributed by atoms with van der Waals surface area (Å²) in [7, 11) is 0. The van der Waals surface area contributed by atoms with Crippen LogP contribution in [0.4, 0.5) is 24.5 Å². The first-order valence-corrected chi connectivity index (χ1v) is 7.59. The zero-order valence-electron chi connectivity index (χ0n) is 11.9. The number of nitrogens with one attached hydrogen (secondary N) is 2. The van der Waals surface area contributed by atoms with Crippen LogP contribution >= 0.6 is 35.4 Å². The fraction of sp³-hybridized carbons (Fsp3) is 0.231. The highest BCUT2D eigenvalue weighted by molar-refractivity contribution is 7.80. The van der Waals surface area contributed by atoms with Crippen LogP contribution in [0.5, 0.6) is 0 Å². The average molecular weight is 399 g/mol. The third-order valence-electron chi connectivity index (χ3n) is 2.56. The van der Waals surface area contributed by atoms with Gasteiger partial charge in [-0.25, -0.2) is 4.68 Å². The number of alkyl halides is 3. The van der Waals surface area contributed by atoms with Gasteiger partial charge in [-0.2, -0.15) is 18.3 Å². The van der Waals surface area contributed by atoms with Gasteiger partial charge in [-0.1, -0.05) is 23.2 Å². The van der Waals surface area contributed by atoms with Crippen molar-refractivity contribution in [2.45, 2.75) is 12.9 Å². The molecule has 130 valence electrons. The van der Waals surface area contributed by atoms with Crippen LogP contribution < -0.4 is 10.6 Å². The monoisotopic (exact) mass is 398 g/mol. The summed E-state index contributed by atoms with van der Waals surface area (Å²) >= 11 is 16.8. The molecule has 1 aromatic carbocycles. The van der Waals surface area contributed by atoms with Crippen molar-refractivity contribution in [3.63, 3.8) is 0 Å². The summed E-state index contributed by atoms with van der Waals surface area (Å²) < 4.78 is 41.7. The molecule has 11 heteroatoms. The highest BCUT2D eigenvalue weighted by Crippen LogP contribution is 2.25. The van der Waals surface area contributed by atoms with Crippen LogP contribution in [-0.2, 0) is 11.5 Å². The molecule has 0 saturated heterocycles. The molecule has 0 aliphatic carbocycles. The van der Waals surface area contributed by atoms with Gasteiger partial charge in [0.05, 0.1) is 28.1 Å². The van der Waals surface area contributed by atoms with Crippen LogP contribution in [-0.4, -0.2) is 27.7 Å². The molecular formula is C13H11Cl2F3N4OS. The molecule has 0 bridgehead atoms. The second-order valence-corrected chi connectivity index (χ2v) is 5.79. The van der Waals surface area contributed by atoms with Gasteiger partial charge in [-0.05, 0) is 30.4 Å². The molecule has 1 aromatic heterocycles. The molecule has 0 spiro atoms. The molecular weight excluding hydrogens is 388 g/mol. The molecule has 0 unspecified atom stereocenters. The third-order valence-corrected chi connectivity index (χ3v) is 3.50. The second kappa shape index (κ2) is 8.02. The maximum Gasteiger partial charge on any atom is 0.411 e. The lowest BCUT2D eigenvalue weighted by Crippen LogP contribution is -2.19. The van der Waals surface area contributed by atoms with Gasteiger partial charge in [0.2, 0.25) is 0 Å². The Morgan fingerprint density at radius 1 is 1.21 bits per heavy atom. The topological polar surface area (TPSA) is 51.1 Å². The molecule has 0 aliphatic rings. The zero-order valence-corrected chi connectivity index (χ0v) is 14.2. The highest BCUT2D eigenvalue weighted by atomic mass is 35.5. The van der Waals surface area contributed by atoms with Crippen molar-refractivity contribution in [3.05, 3.63) is 40.6 Å². The molecule has 0 fully saturated rings. The molecule has 0 aliphatic heterocycles. The quantitative estimate of drug-likeness (QED) is 0.724. The van der Waals surface area contributed by atoms with Gasteiger partial charge in [0, 0.05) is 5.69 Å². The number of rotatable bonds is 5. The fourth-order valence-electron chi connectivity index (χ4n) is 1.62. The van der Waals surface area contributed by atoms with Crippen LogP contribution in [0, 0.1) is 0 Å². The molecule has 2 rings (SSSR count). The Morgan fingerprint density at radius 2 is 1.92 bits per heavy atom. The Labute approximate surface area is 150 Å². The number of aromatic nitrogens is 2. The minimum atomic E-state index is -4.38. The first kappa shape index (κ1) is 18.8. The standard InChI is InChI=1S/C13H11Cl2F3N4OS/c14-10-2-1-8(3-11(10)15)20-12(24)21-9-4-19-22(5-9)7-23-6-13(16,17)18/h1-5H,6-7H2,(H2,20,21,24). The lowest BCUT2D eigenvalue weighted by atomic mass is 10.3. The van der Waals surface area contributed by atoms with E-state index in [2.05, 4.69) is 20.5 Å². The predicted octanol–water partition coefficient (Wildman–Crippen LogP) is 4.54. The summed E-state index contributed by atoms with van der Waals surface area (Å²) in [4.78, 5) is 0. The summed E-state index contributed by atoms with van der Waals surface area (Å²) in [6.07, 6.45) is -1.52. The summed E-state index contributed by atoms with van der Waals surface area (Å²) in [5.74, 6) is 0. The van der Waals surface area contributed by atoms with E-state index in [-0.39, 0.29) is 11.8 Å². The van der Waals surface area contributed by atoms with Crippen LogP contribution in [0.1, 0.15) is 0 Å². The van der Waals surface area contributed by atoms with E-state index in [9.17, 15) is 13.2 Å². The summed E-state index contributed by atoms with van der Waals surface area (Å²) in [6.45, 7) is -1.67. The minimum absolute atomic E-state index is 0.254. The van der Waals surface area contributed by atoms with E-state index in [0.29, 0.717) is 21.4 Å². The fourth-order valence-corrected chi connectivity index (χ4v) is 2.15. The average Bonchev–Trinajstić information content (AvgIpc) is 2.89. The smallest absolute Gasteiger partial charge is 0.350 e. The third kappa shape index (κ3) is 6.16. The molecule has 0 saturated carbocycles. The van der Waals surface area contributed by atoms with E-state index in [4.69, 9.17) is 35.4 Å². The van der Waals surface area contributed by atoms with Crippen molar-refractivity contribution in [2.24, 2.45) is 0 Å². The van der Waals surface area contributed by atoms with E-state index >= 15 is 0 Å². The molecule has 2 aromatic rings. The number of halogens is 5. The SMILES string of the molecule is FC(F)(F)COCn1cc(NC(=S)Nc2ccc(Cl)c(Cl)c2)cn1. The predicted molar refractivity (Wildman–Crippen MR) is 90.5 cm³/mol. The molecule has 0 amide bonds. The number of ether oxygens (including phenoxy) is 1. The highest BCUT2D eigenvalue weighted by Gasteiger charge is 2.27. The molecule has 5 nitrogen and oxygen atoms in total. The van der Waals surface area contributed by atoms with Gasteiger partial charge in [0.1, 0.15) is 13.3 Å². The molecule has 0 atom stereocenters. The summed E-state index contributed by atoms with van der Waals surface area (Å²) in [5.41, 5.74) is 1.12. The first-order valence-electron chi connectivity index (χ1n) is 6.43. The lowest BCUT2D eigenvalue weighted by molar-refractivity contribution is -0.182. The number of thiocarbonyl (C=S) groups is 1. The van der Waals surface area contributed by atoms with Crippen LogP contribution in [0.25, 0.3) is 0 Å². The first-order chi connectivity index (χ1) is 11.2. The van der Waals surface area contributed by atoms with Gasteiger partial charge in [0.25, 0.3) is 0 Å². The van der Waals surface area contributed by atoms with Crippen molar-refractivity contribution in [1.82, 2.24) is 9.78 Å². The maximum atomic E-state index is 12.0. The molecule has 0 radical (unpaired) electrons. The number of benzene rings is 1. The Morgan fingerprint density at radius 3 is 2.58 bits per heavy atom. The number of hydrogen-bond donors (Lipinski definition) is 2. The number of anilines is 2. The van der Waals surface area contributed by atoms with Crippen molar-refractivity contribution >= 4 is 51.9 Å². The number of nitrogens with zero attached hydrogens (tertiary/aromatic N) is 2. The normalized spacial score (nSPS) is 11.4. The van der Waals surface area contributed by atoms with Crippen molar-refractivity contribution < 1.29 is 17.9 Å².